The largest absolute Gasteiger partial charge is 0.329 e. The predicted molar refractivity (Wildman–Crippen MR) is 103 cm³/mol. The van der Waals surface area contributed by atoms with Crippen LogP contribution in [0.1, 0.15) is 38.1 Å². The van der Waals surface area contributed by atoms with Gasteiger partial charge in [0.05, 0.1) is 24.0 Å². The minimum atomic E-state index is -0.553. The fourth-order valence-corrected chi connectivity index (χ4v) is 3.63. The zero-order valence-corrected chi connectivity index (χ0v) is 15.5. The predicted octanol–water partition coefficient (Wildman–Crippen LogP) is 2.88. The first-order valence-electron chi connectivity index (χ1n) is 8.95. The molecule has 1 aromatic carbocycles. The zero-order valence-electron chi connectivity index (χ0n) is 14.6. The summed E-state index contributed by atoms with van der Waals surface area (Å²) in [6, 6.07) is 9.72. The van der Waals surface area contributed by atoms with Crippen LogP contribution in [0.4, 0.5) is 0 Å². The monoisotopic (exact) mass is 358 g/mol. The first-order chi connectivity index (χ1) is 12.2. The summed E-state index contributed by atoms with van der Waals surface area (Å²) in [4.78, 5) is 19.3. The fourth-order valence-electron chi connectivity index (χ4n) is 3.47. The van der Waals surface area contributed by atoms with Gasteiger partial charge in [0.2, 0.25) is 5.91 Å². The number of nitrogens with zero attached hydrogens (tertiary/aromatic N) is 3. The SMILES string of the molecule is CCCCC1c2ncc(-c3ccccc3)n2CCN1C(=O)[C@@H](N)CS. The van der Waals surface area contributed by atoms with E-state index in [2.05, 4.69) is 36.3 Å². The minimum Gasteiger partial charge on any atom is -0.329 e. The molecule has 0 spiro atoms. The van der Waals surface area contributed by atoms with E-state index in [1.807, 2.05) is 29.3 Å². The first kappa shape index (κ1) is 18.0. The van der Waals surface area contributed by atoms with Crippen molar-refractivity contribution in [2.24, 2.45) is 5.73 Å². The number of benzene rings is 1. The molecule has 2 N–H and O–H groups in total. The Morgan fingerprint density at radius 3 is 2.80 bits per heavy atom. The van der Waals surface area contributed by atoms with Gasteiger partial charge in [-0.1, -0.05) is 50.1 Å². The van der Waals surface area contributed by atoms with Crippen LogP contribution in [0.25, 0.3) is 11.3 Å². The molecule has 0 fully saturated rings. The molecule has 0 saturated heterocycles. The molecule has 1 amide bonds. The van der Waals surface area contributed by atoms with Crippen molar-refractivity contribution < 1.29 is 4.79 Å². The van der Waals surface area contributed by atoms with Crippen molar-refractivity contribution in [1.29, 1.82) is 0 Å². The van der Waals surface area contributed by atoms with E-state index in [1.54, 1.807) is 0 Å². The molecule has 1 aromatic heterocycles. The zero-order chi connectivity index (χ0) is 17.8. The Kier molecular flexibility index (Phi) is 5.81. The smallest absolute Gasteiger partial charge is 0.241 e. The molecule has 0 saturated carbocycles. The van der Waals surface area contributed by atoms with E-state index in [-0.39, 0.29) is 11.9 Å². The lowest BCUT2D eigenvalue weighted by molar-refractivity contribution is -0.136. The standard InChI is InChI=1S/C19H26N4OS/c1-2-3-9-16-18-21-12-17(14-7-5-4-6-8-14)22(18)10-11-23(16)19(24)15(20)13-25/h4-8,12,15-16,25H,2-3,9-11,13,20H2,1H3/t15-,16?/m0/s1. The quantitative estimate of drug-likeness (QED) is 0.781. The normalized spacial score (nSPS) is 18.0. The third-order valence-corrected chi connectivity index (χ3v) is 5.22. The molecule has 2 aromatic rings. The number of fused-ring (bicyclic) bond motifs is 1. The highest BCUT2D eigenvalue weighted by atomic mass is 32.1. The van der Waals surface area contributed by atoms with Gasteiger partial charge in [-0.25, -0.2) is 4.98 Å². The topological polar surface area (TPSA) is 64.2 Å². The summed E-state index contributed by atoms with van der Waals surface area (Å²) in [5.41, 5.74) is 8.23. The highest BCUT2D eigenvalue weighted by molar-refractivity contribution is 7.80. The molecular weight excluding hydrogens is 332 g/mol. The van der Waals surface area contributed by atoms with E-state index >= 15 is 0 Å². The van der Waals surface area contributed by atoms with E-state index < -0.39 is 6.04 Å². The van der Waals surface area contributed by atoms with Gasteiger partial charge in [0, 0.05) is 18.8 Å². The maximum absolute atomic E-state index is 12.7. The second-order valence-electron chi connectivity index (χ2n) is 6.50. The number of nitrogens with two attached hydrogens (primary N) is 1. The van der Waals surface area contributed by atoms with Gasteiger partial charge >= 0.3 is 0 Å². The second-order valence-corrected chi connectivity index (χ2v) is 6.86. The molecule has 2 atom stereocenters. The first-order valence-corrected chi connectivity index (χ1v) is 9.58. The van der Waals surface area contributed by atoms with Crippen molar-refractivity contribution in [3.8, 4) is 11.3 Å². The number of aromatic nitrogens is 2. The van der Waals surface area contributed by atoms with Crippen molar-refractivity contribution in [3.05, 3.63) is 42.4 Å². The molecule has 1 unspecified atom stereocenters. The number of carbonyl (C=O) groups excluding carboxylic acids is 1. The minimum absolute atomic E-state index is 0.00963. The van der Waals surface area contributed by atoms with Crippen molar-refractivity contribution in [2.75, 3.05) is 12.3 Å². The Hall–Kier alpha value is -1.79. The highest BCUT2D eigenvalue weighted by Gasteiger charge is 2.34. The van der Waals surface area contributed by atoms with E-state index in [1.165, 1.54) is 0 Å². The number of amides is 1. The van der Waals surface area contributed by atoms with Crippen LogP contribution in [-0.2, 0) is 11.3 Å². The lowest BCUT2D eigenvalue weighted by Gasteiger charge is -2.37. The van der Waals surface area contributed by atoms with E-state index in [4.69, 9.17) is 10.7 Å². The van der Waals surface area contributed by atoms with E-state index in [0.717, 1.165) is 42.9 Å². The maximum Gasteiger partial charge on any atom is 0.241 e. The van der Waals surface area contributed by atoms with Crippen LogP contribution in [0.3, 0.4) is 0 Å². The molecular formula is C19H26N4OS. The van der Waals surface area contributed by atoms with Crippen LogP contribution in [0, 0.1) is 0 Å². The highest BCUT2D eigenvalue weighted by Crippen LogP contribution is 2.33. The van der Waals surface area contributed by atoms with Gasteiger partial charge in [0.15, 0.2) is 0 Å². The van der Waals surface area contributed by atoms with Crippen LogP contribution in [0.2, 0.25) is 0 Å². The molecule has 2 heterocycles. The number of rotatable bonds is 6. The van der Waals surface area contributed by atoms with Gasteiger partial charge in [-0.2, -0.15) is 12.6 Å². The van der Waals surface area contributed by atoms with Crippen molar-refractivity contribution in [1.82, 2.24) is 14.5 Å². The number of unbranched alkanes of at least 4 members (excludes halogenated alkanes) is 1. The lowest BCUT2D eigenvalue weighted by Crippen LogP contribution is -2.50. The lowest BCUT2D eigenvalue weighted by atomic mass is 10.0. The van der Waals surface area contributed by atoms with Crippen molar-refractivity contribution in [3.63, 3.8) is 0 Å². The van der Waals surface area contributed by atoms with Crippen molar-refractivity contribution in [2.45, 2.75) is 44.8 Å². The van der Waals surface area contributed by atoms with Gasteiger partial charge in [-0.15, -0.1) is 0 Å². The Bertz CT molecular complexity index is 715. The number of imidazole rings is 1. The Balaban J connectivity index is 1.95. The maximum atomic E-state index is 12.7. The molecule has 6 heteroatoms. The number of carbonyl (C=O) groups is 1. The molecule has 0 aliphatic carbocycles. The van der Waals surface area contributed by atoms with E-state index in [0.29, 0.717) is 12.3 Å². The van der Waals surface area contributed by atoms with Gasteiger partial charge in [0.25, 0.3) is 0 Å². The van der Waals surface area contributed by atoms with Crippen LogP contribution >= 0.6 is 12.6 Å². The number of thiol groups is 1. The van der Waals surface area contributed by atoms with Gasteiger partial charge < -0.3 is 15.2 Å². The summed E-state index contributed by atoms with van der Waals surface area (Å²) in [5, 5.41) is 0. The third kappa shape index (κ3) is 3.60. The van der Waals surface area contributed by atoms with Gasteiger partial charge in [0.1, 0.15) is 5.82 Å². The fraction of sp³-hybridized carbons (Fsp3) is 0.474. The average molecular weight is 359 g/mol. The summed E-state index contributed by atoms with van der Waals surface area (Å²) < 4.78 is 2.26. The molecule has 3 rings (SSSR count). The van der Waals surface area contributed by atoms with Crippen LogP contribution in [0.5, 0.6) is 0 Å². The molecule has 0 radical (unpaired) electrons. The Morgan fingerprint density at radius 2 is 2.12 bits per heavy atom. The Labute approximate surface area is 154 Å². The summed E-state index contributed by atoms with van der Waals surface area (Å²) in [5.74, 6) is 1.31. The molecule has 1 aliphatic heterocycles. The van der Waals surface area contributed by atoms with Crippen LogP contribution in [0.15, 0.2) is 36.5 Å². The third-order valence-electron chi connectivity index (χ3n) is 4.82. The molecule has 5 nitrogen and oxygen atoms in total. The Morgan fingerprint density at radius 1 is 1.36 bits per heavy atom. The second kappa shape index (κ2) is 8.06. The average Bonchev–Trinajstić information content (AvgIpc) is 3.09. The summed E-state index contributed by atoms with van der Waals surface area (Å²) in [6.07, 6.45) is 4.98. The summed E-state index contributed by atoms with van der Waals surface area (Å²) >= 11 is 4.19. The number of hydrogen-bond acceptors (Lipinski definition) is 4. The van der Waals surface area contributed by atoms with E-state index in [9.17, 15) is 4.79 Å². The molecule has 0 bridgehead atoms. The van der Waals surface area contributed by atoms with Crippen LogP contribution in [-0.4, -0.2) is 38.7 Å². The van der Waals surface area contributed by atoms with Crippen molar-refractivity contribution >= 4 is 18.5 Å². The molecule has 134 valence electrons. The van der Waals surface area contributed by atoms with Gasteiger partial charge in [-0.3, -0.25) is 4.79 Å². The summed E-state index contributed by atoms with van der Waals surface area (Å²) in [7, 11) is 0. The number of hydrogen-bond donors (Lipinski definition) is 2. The molecule has 1 aliphatic rings. The summed E-state index contributed by atoms with van der Waals surface area (Å²) in [6.45, 7) is 3.57. The molecule has 25 heavy (non-hydrogen) atoms. The van der Waals surface area contributed by atoms with Gasteiger partial charge in [-0.05, 0) is 12.0 Å². The van der Waals surface area contributed by atoms with Crippen LogP contribution < -0.4 is 5.73 Å².